The second kappa shape index (κ2) is 5.39. The topological polar surface area (TPSA) is 91.2 Å². The van der Waals surface area contributed by atoms with Crippen LogP contribution in [-0.4, -0.2) is 28.1 Å². The molecule has 6 heteroatoms. The van der Waals surface area contributed by atoms with Gasteiger partial charge in [-0.1, -0.05) is 0 Å². The molecule has 1 amide bonds. The highest BCUT2D eigenvalue weighted by molar-refractivity contribution is 5.84. The van der Waals surface area contributed by atoms with Gasteiger partial charge >= 0.3 is 6.09 Å². The van der Waals surface area contributed by atoms with Crippen molar-refractivity contribution in [1.82, 2.24) is 5.43 Å². The molecule has 18 heavy (non-hydrogen) atoms. The Morgan fingerprint density at radius 2 is 2.06 bits per heavy atom. The number of phenols is 2. The summed E-state index contributed by atoms with van der Waals surface area (Å²) in [4.78, 5) is 11.2. The van der Waals surface area contributed by atoms with Gasteiger partial charge in [0, 0.05) is 11.6 Å². The fraction of sp³-hybridized carbons (Fsp3) is 0.333. The van der Waals surface area contributed by atoms with Gasteiger partial charge in [0.05, 0.1) is 6.21 Å². The van der Waals surface area contributed by atoms with Crippen molar-refractivity contribution in [3.8, 4) is 11.5 Å². The van der Waals surface area contributed by atoms with E-state index in [2.05, 4.69) is 10.5 Å². The van der Waals surface area contributed by atoms with Crippen LogP contribution in [0, 0.1) is 0 Å². The Bertz CT molecular complexity index is 464. The van der Waals surface area contributed by atoms with E-state index < -0.39 is 11.7 Å². The van der Waals surface area contributed by atoms with E-state index in [9.17, 15) is 9.90 Å². The molecular formula is C12H16N2O4. The summed E-state index contributed by atoms with van der Waals surface area (Å²) in [5.41, 5.74) is 1.93. The highest BCUT2D eigenvalue weighted by Gasteiger charge is 2.15. The molecule has 1 aromatic rings. The second-order valence-corrected chi connectivity index (χ2v) is 4.62. The molecule has 0 heterocycles. The first-order valence-corrected chi connectivity index (χ1v) is 5.32. The molecule has 1 aromatic carbocycles. The van der Waals surface area contributed by atoms with E-state index in [-0.39, 0.29) is 11.5 Å². The van der Waals surface area contributed by atoms with Crippen molar-refractivity contribution in [3.63, 3.8) is 0 Å². The molecule has 0 aliphatic rings. The van der Waals surface area contributed by atoms with Crippen molar-refractivity contribution in [2.45, 2.75) is 26.4 Å². The van der Waals surface area contributed by atoms with Crippen LogP contribution in [0.2, 0.25) is 0 Å². The van der Waals surface area contributed by atoms with Gasteiger partial charge in [-0.3, -0.25) is 0 Å². The molecule has 0 aliphatic heterocycles. The van der Waals surface area contributed by atoms with E-state index in [1.54, 1.807) is 20.8 Å². The quantitative estimate of drug-likeness (QED) is 0.554. The predicted octanol–water partition coefficient (Wildman–Crippen LogP) is 1.96. The normalized spacial score (nSPS) is 11.5. The molecule has 0 radical (unpaired) electrons. The first-order valence-electron chi connectivity index (χ1n) is 5.32. The number of ether oxygens (including phenoxy) is 1. The van der Waals surface area contributed by atoms with Crippen LogP contribution in [0.4, 0.5) is 4.79 Å². The van der Waals surface area contributed by atoms with E-state index in [1.165, 1.54) is 24.4 Å². The minimum Gasteiger partial charge on any atom is -0.508 e. The highest BCUT2D eigenvalue weighted by Crippen LogP contribution is 2.20. The zero-order valence-corrected chi connectivity index (χ0v) is 10.5. The van der Waals surface area contributed by atoms with E-state index >= 15 is 0 Å². The number of carbonyl (C=O) groups is 1. The van der Waals surface area contributed by atoms with Gasteiger partial charge in [-0.2, -0.15) is 5.10 Å². The van der Waals surface area contributed by atoms with Gasteiger partial charge in [-0.05, 0) is 32.9 Å². The largest absolute Gasteiger partial charge is 0.508 e. The number of hydrogen-bond acceptors (Lipinski definition) is 5. The molecule has 6 nitrogen and oxygen atoms in total. The van der Waals surface area contributed by atoms with E-state index in [4.69, 9.17) is 9.84 Å². The molecule has 0 bridgehead atoms. The lowest BCUT2D eigenvalue weighted by molar-refractivity contribution is 0.0529. The molecule has 0 unspecified atom stereocenters. The number of aromatic hydroxyl groups is 2. The van der Waals surface area contributed by atoms with Crippen molar-refractivity contribution in [2.24, 2.45) is 5.10 Å². The average Bonchev–Trinajstić information content (AvgIpc) is 2.18. The zero-order valence-electron chi connectivity index (χ0n) is 10.5. The number of nitrogens with one attached hydrogen (secondary N) is 1. The summed E-state index contributed by atoms with van der Waals surface area (Å²) in [6.45, 7) is 5.21. The smallest absolute Gasteiger partial charge is 0.428 e. The second-order valence-electron chi connectivity index (χ2n) is 4.62. The third-order valence-electron chi connectivity index (χ3n) is 1.77. The molecule has 0 fully saturated rings. The number of benzene rings is 1. The minimum atomic E-state index is -0.683. The van der Waals surface area contributed by atoms with E-state index in [1.807, 2.05) is 0 Å². The molecule has 0 aromatic heterocycles. The maximum Gasteiger partial charge on any atom is 0.428 e. The van der Waals surface area contributed by atoms with Crippen molar-refractivity contribution < 1.29 is 19.7 Å². The van der Waals surface area contributed by atoms with Gasteiger partial charge in [-0.15, -0.1) is 0 Å². The van der Waals surface area contributed by atoms with Gasteiger partial charge in [-0.25, -0.2) is 10.2 Å². The highest BCUT2D eigenvalue weighted by atomic mass is 16.6. The van der Waals surface area contributed by atoms with Gasteiger partial charge in [0.25, 0.3) is 0 Å². The number of amides is 1. The Morgan fingerprint density at radius 1 is 1.39 bits per heavy atom. The molecule has 0 aliphatic carbocycles. The first-order chi connectivity index (χ1) is 8.28. The number of nitrogens with zero attached hydrogens (tertiary/aromatic N) is 1. The Hall–Kier alpha value is -2.24. The van der Waals surface area contributed by atoms with Crippen LogP contribution in [0.3, 0.4) is 0 Å². The third-order valence-corrected chi connectivity index (χ3v) is 1.77. The standard InChI is InChI=1S/C12H16N2O4/c1-12(2,3)18-11(17)14-13-7-8-4-5-9(15)6-10(8)16/h4-7,15-16H,1-3H3,(H,14,17)/b13-7-. The third kappa shape index (κ3) is 4.73. The average molecular weight is 252 g/mol. The summed E-state index contributed by atoms with van der Waals surface area (Å²) in [6, 6.07) is 4.04. The SMILES string of the molecule is CC(C)(C)OC(=O)N/N=C\c1ccc(O)cc1O. The summed E-state index contributed by atoms with van der Waals surface area (Å²) in [5.74, 6) is -0.186. The molecule has 0 atom stereocenters. The first kappa shape index (κ1) is 13.8. The summed E-state index contributed by atoms with van der Waals surface area (Å²) in [6.07, 6.45) is 0.565. The molecule has 98 valence electrons. The number of hydrogen-bond donors (Lipinski definition) is 3. The van der Waals surface area contributed by atoms with Crippen LogP contribution in [0.15, 0.2) is 23.3 Å². The minimum absolute atomic E-state index is 0.0512. The van der Waals surface area contributed by atoms with Gasteiger partial charge in [0.1, 0.15) is 17.1 Å². The number of carbonyl (C=O) groups excluding carboxylic acids is 1. The van der Waals surface area contributed by atoms with E-state index in [0.717, 1.165) is 0 Å². The van der Waals surface area contributed by atoms with Crippen LogP contribution in [0.5, 0.6) is 11.5 Å². The van der Waals surface area contributed by atoms with Gasteiger partial charge < -0.3 is 14.9 Å². The number of hydrazone groups is 1. The fourth-order valence-electron chi connectivity index (χ4n) is 1.10. The number of rotatable bonds is 2. The van der Waals surface area contributed by atoms with Crippen LogP contribution < -0.4 is 5.43 Å². The van der Waals surface area contributed by atoms with Crippen LogP contribution in [-0.2, 0) is 4.74 Å². The van der Waals surface area contributed by atoms with Crippen molar-refractivity contribution in [2.75, 3.05) is 0 Å². The summed E-state index contributed by atoms with van der Waals surface area (Å²) in [7, 11) is 0. The van der Waals surface area contributed by atoms with Crippen LogP contribution in [0.25, 0.3) is 0 Å². The molecule has 1 rings (SSSR count). The van der Waals surface area contributed by atoms with Gasteiger partial charge in [0.15, 0.2) is 0 Å². The lowest BCUT2D eigenvalue weighted by Crippen LogP contribution is -2.29. The van der Waals surface area contributed by atoms with E-state index in [0.29, 0.717) is 5.56 Å². The lowest BCUT2D eigenvalue weighted by Gasteiger charge is -2.18. The van der Waals surface area contributed by atoms with Gasteiger partial charge in [0.2, 0.25) is 0 Å². The number of phenolic OH excluding ortho intramolecular Hbond substituents is 2. The summed E-state index contributed by atoms with van der Waals surface area (Å²) in [5, 5.41) is 22.2. The van der Waals surface area contributed by atoms with Crippen LogP contribution in [0.1, 0.15) is 26.3 Å². The molecule has 0 saturated carbocycles. The predicted molar refractivity (Wildman–Crippen MR) is 66.7 cm³/mol. The monoisotopic (exact) mass is 252 g/mol. The molecule has 3 N–H and O–H groups in total. The van der Waals surface area contributed by atoms with Crippen molar-refractivity contribution >= 4 is 12.3 Å². The Labute approximate surface area is 105 Å². The summed E-state index contributed by atoms with van der Waals surface area (Å²) < 4.78 is 4.96. The molecule has 0 spiro atoms. The van der Waals surface area contributed by atoms with Crippen LogP contribution >= 0.6 is 0 Å². The van der Waals surface area contributed by atoms with Crippen molar-refractivity contribution in [3.05, 3.63) is 23.8 Å². The lowest BCUT2D eigenvalue weighted by atomic mass is 10.2. The maximum atomic E-state index is 11.2. The van der Waals surface area contributed by atoms with Crippen molar-refractivity contribution in [1.29, 1.82) is 0 Å². The fourth-order valence-corrected chi connectivity index (χ4v) is 1.10. The Morgan fingerprint density at radius 3 is 2.61 bits per heavy atom. The molecular weight excluding hydrogens is 236 g/mol. The maximum absolute atomic E-state index is 11.2. The molecule has 0 saturated heterocycles. The zero-order chi connectivity index (χ0) is 13.8. The Kier molecular flexibility index (Phi) is 4.14. The summed E-state index contributed by atoms with van der Waals surface area (Å²) >= 11 is 0. The Balaban J connectivity index is 2.58.